The zero-order valence-corrected chi connectivity index (χ0v) is 6.47. The highest BCUT2D eigenvalue weighted by molar-refractivity contribution is 5.67. The first kappa shape index (κ1) is 9.47. The van der Waals surface area contributed by atoms with Crippen LogP contribution in [-0.4, -0.2) is 11.1 Å². The van der Waals surface area contributed by atoms with E-state index >= 15 is 0 Å². The van der Waals surface area contributed by atoms with Gasteiger partial charge in [0.05, 0.1) is 0 Å². The third-order valence-electron chi connectivity index (χ3n) is 1.33. The van der Waals surface area contributed by atoms with Gasteiger partial charge in [0, 0.05) is 0 Å². The van der Waals surface area contributed by atoms with Crippen LogP contribution in [0.1, 0.15) is 39.0 Å². The molecule has 0 spiro atoms. The Morgan fingerprint density at radius 2 is 2.20 bits per heavy atom. The van der Waals surface area contributed by atoms with Gasteiger partial charge < -0.3 is 11.5 Å². The molecule has 0 amide bonds. The Kier molecular flexibility index (Phi) is 6.24. The summed E-state index contributed by atoms with van der Waals surface area (Å²) in [4.78, 5) is 10.0. The van der Waals surface area contributed by atoms with Crippen LogP contribution in [0.4, 0.5) is 0 Å². The van der Waals surface area contributed by atoms with E-state index in [0.717, 1.165) is 12.8 Å². The van der Waals surface area contributed by atoms with Crippen LogP contribution in [0.3, 0.4) is 0 Å². The summed E-state index contributed by atoms with van der Waals surface area (Å²) in [5.74, 6) is -0.725. The van der Waals surface area contributed by atoms with Crippen LogP contribution in [-0.2, 0) is 4.79 Å². The van der Waals surface area contributed by atoms with Crippen molar-refractivity contribution in [2.24, 2.45) is 0 Å². The number of carbonyl (C=O) groups is 1. The molecule has 10 heavy (non-hydrogen) atoms. The lowest BCUT2D eigenvalue weighted by atomic mass is 10.1. The minimum Gasteiger partial charge on any atom is -0.483 e. The molecule has 0 aromatic rings. The number of hydrogen-bond donors (Lipinski definition) is 1. The van der Waals surface area contributed by atoms with Crippen molar-refractivity contribution in [3.63, 3.8) is 0 Å². The molecule has 0 aromatic heterocycles. The topological polar surface area (TPSA) is 37.3 Å². The van der Waals surface area contributed by atoms with Crippen LogP contribution in [0.25, 0.3) is 0 Å². The standard InChI is InChI=1S/C8H15O2/c1-2-3-4-5-6-7-8(9)10/h6H,2-5,7H2,1H3,(H,9,10)/q-1. The first-order chi connectivity index (χ1) is 4.77. The van der Waals surface area contributed by atoms with Gasteiger partial charge in [-0.05, 0) is 0 Å². The number of aliphatic carboxylic acids is 1. The molecule has 0 saturated carbocycles. The molecule has 0 aliphatic rings. The molecule has 0 aromatic carbocycles. The van der Waals surface area contributed by atoms with E-state index < -0.39 is 5.97 Å². The second-order valence-electron chi connectivity index (χ2n) is 2.38. The minimum absolute atomic E-state index is 0.212. The third kappa shape index (κ3) is 7.47. The van der Waals surface area contributed by atoms with Crippen LogP contribution < -0.4 is 0 Å². The number of unbranched alkanes of at least 4 members (excludes halogenated alkanes) is 4. The van der Waals surface area contributed by atoms with Crippen LogP contribution in [0, 0.1) is 6.42 Å². The molecule has 0 radical (unpaired) electrons. The highest BCUT2D eigenvalue weighted by atomic mass is 16.4. The first-order valence-electron chi connectivity index (χ1n) is 3.80. The van der Waals surface area contributed by atoms with Gasteiger partial charge in [-0.1, -0.05) is 32.6 Å². The van der Waals surface area contributed by atoms with Crippen molar-refractivity contribution in [3.8, 4) is 0 Å². The molecule has 2 nitrogen and oxygen atoms in total. The van der Waals surface area contributed by atoms with Gasteiger partial charge >= 0.3 is 0 Å². The maximum absolute atomic E-state index is 10.0. The van der Waals surface area contributed by atoms with Crippen LogP contribution in [0.5, 0.6) is 0 Å². The van der Waals surface area contributed by atoms with Crippen molar-refractivity contribution in [1.29, 1.82) is 0 Å². The Bertz CT molecular complexity index is 89.3. The van der Waals surface area contributed by atoms with Gasteiger partial charge in [-0.2, -0.15) is 6.42 Å². The average Bonchev–Trinajstić information content (AvgIpc) is 1.87. The van der Waals surface area contributed by atoms with Gasteiger partial charge in [-0.15, -0.1) is 0 Å². The predicted octanol–water partition coefficient (Wildman–Crippen LogP) is 2.25. The Labute approximate surface area is 62.2 Å². The van der Waals surface area contributed by atoms with Gasteiger partial charge in [0.15, 0.2) is 0 Å². The summed E-state index contributed by atoms with van der Waals surface area (Å²) in [7, 11) is 0. The lowest BCUT2D eigenvalue weighted by Crippen LogP contribution is -1.93. The molecule has 0 atom stereocenters. The van der Waals surface area contributed by atoms with E-state index in [9.17, 15) is 4.79 Å². The smallest absolute Gasteiger partial charge is 0.273 e. The van der Waals surface area contributed by atoms with Gasteiger partial charge in [0.25, 0.3) is 5.97 Å². The fourth-order valence-electron chi connectivity index (χ4n) is 0.764. The zero-order chi connectivity index (χ0) is 7.82. The first-order valence-corrected chi connectivity index (χ1v) is 3.80. The number of carboxylic acid groups (broad SMARTS) is 1. The zero-order valence-electron chi connectivity index (χ0n) is 6.47. The maximum atomic E-state index is 10.0. The second kappa shape index (κ2) is 6.59. The molecular weight excluding hydrogens is 128 g/mol. The second-order valence-corrected chi connectivity index (χ2v) is 2.38. The molecule has 2 heteroatoms. The Balaban J connectivity index is 2.84. The average molecular weight is 143 g/mol. The normalized spacial score (nSPS) is 9.70. The molecule has 0 aliphatic carbocycles. The molecule has 0 aliphatic heterocycles. The van der Waals surface area contributed by atoms with E-state index in [-0.39, 0.29) is 6.42 Å². The summed E-state index contributed by atoms with van der Waals surface area (Å²) in [5.41, 5.74) is 0. The van der Waals surface area contributed by atoms with Crippen LogP contribution in [0.15, 0.2) is 0 Å². The fraction of sp³-hybridized carbons (Fsp3) is 0.750. The van der Waals surface area contributed by atoms with Crippen molar-refractivity contribution in [3.05, 3.63) is 6.42 Å². The predicted molar refractivity (Wildman–Crippen MR) is 40.7 cm³/mol. The van der Waals surface area contributed by atoms with Crippen LogP contribution in [0.2, 0.25) is 0 Å². The molecule has 0 heterocycles. The van der Waals surface area contributed by atoms with Gasteiger partial charge in [0.1, 0.15) is 0 Å². The van der Waals surface area contributed by atoms with Crippen molar-refractivity contribution < 1.29 is 9.90 Å². The molecular formula is C8H15O2-. The minimum atomic E-state index is -0.725. The highest BCUT2D eigenvalue weighted by Crippen LogP contribution is 2.03. The monoisotopic (exact) mass is 143 g/mol. The lowest BCUT2D eigenvalue weighted by molar-refractivity contribution is -0.136. The Morgan fingerprint density at radius 3 is 2.70 bits per heavy atom. The molecule has 0 fully saturated rings. The van der Waals surface area contributed by atoms with E-state index in [0.29, 0.717) is 0 Å². The molecule has 0 saturated heterocycles. The molecule has 1 N–H and O–H groups in total. The molecule has 0 unspecified atom stereocenters. The molecule has 0 rings (SSSR count). The summed E-state index contributed by atoms with van der Waals surface area (Å²) in [6.45, 7) is 2.14. The maximum Gasteiger partial charge on any atom is 0.273 e. The lowest BCUT2D eigenvalue weighted by Gasteiger charge is -2.05. The summed E-state index contributed by atoms with van der Waals surface area (Å²) < 4.78 is 0. The fourth-order valence-corrected chi connectivity index (χ4v) is 0.764. The molecule has 60 valence electrons. The number of rotatable bonds is 6. The van der Waals surface area contributed by atoms with E-state index in [1.807, 2.05) is 6.42 Å². The Morgan fingerprint density at radius 1 is 1.50 bits per heavy atom. The summed E-state index contributed by atoms with van der Waals surface area (Å²) in [6, 6.07) is 0. The van der Waals surface area contributed by atoms with Crippen LogP contribution >= 0.6 is 0 Å². The quantitative estimate of drug-likeness (QED) is 0.457. The SMILES string of the molecule is CCCCC[CH-]CC(=O)O. The van der Waals surface area contributed by atoms with Gasteiger partial charge in [0.2, 0.25) is 0 Å². The largest absolute Gasteiger partial charge is 0.483 e. The van der Waals surface area contributed by atoms with Crippen molar-refractivity contribution in [2.45, 2.75) is 39.0 Å². The van der Waals surface area contributed by atoms with Gasteiger partial charge in [-0.3, -0.25) is 4.79 Å². The molecule has 0 bridgehead atoms. The summed E-state index contributed by atoms with van der Waals surface area (Å²) in [5, 5.41) is 8.24. The van der Waals surface area contributed by atoms with E-state index in [1.54, 1.807) is 0 Å². The van der Waals surface area contributed by atoms with Gasteiger partial charge in [-0.25, -0.2) is 0 Å². The summed E-state index contributed by atoms with van der Waals surface area (Å²) in [6.07, 6.45) is 6.52. The third-order valence-corrected chi connectivity index (χ3v) is 1.33. The summed E-state index contributed by atoms with van der Waals surface area (Å²) >= 11 is 0. The highest BCUT2D eigenvalue weighted by Gasteiger charge is 1.85. The van der Waals surface area contributed by atoms with Crippen molar-refractivity contribution in [2.75, 3.05) is 0 Å². The van der Waals surface area contributed by atoms with E-state index in [2.05, 4.69) is 6.92 Å². The number of carboxylic acids is 1. The number of hydrogen-bond acceptors (Lipinski definition) is 1. The van der Waals surface area contributed by atoms with E-state index in [4.69, 9.17) is 5.11 Å². The van der Waals surface area contributed by atoms with Crippen molar-refractivity contribution in [1.82, 2.24) is 0 Å². The van der Waals surface area contributed by atoms with E-state index in [1.165, 1.54) is 12.8 Å². The Hall–Kier alpha value is -0.530. The van der Waals surface area contributed by atoms with Crippen molar-refractivity contribution >= 4 is 5.97 Å².